The van der Waals surface area contributed by atoms with Crippen molar-refractivity contribution in [3.63, 3.8) is 0 Å². The van der Waals surface area contributed by atoms with Crippen LogP contribution in [0.25, 0.3) is 0 Å². The van der Waals surface area contributed by atoms with Gasteiger partial charge >= 0.3 is 6.18 Å². The van der Waals surface area contributed by atoms with Gasteiger partial charge in [0.15, 0.2) is 11.7 Å². The Labute approximate surface area is 151 Å². The summed E-state index contributed by atoms with van der Waals surface area (Å²) in [7, 11) is 0. The Morgan fingerprint density at radius 1 is 1.24 bits per heavy atom. The molecule has 0 atom stereocenters. The minimum atomic E-state index is -4.37. The highest BCUT2D eigenvalue weighted by atomic mass is 32.1. The molecule has 25 heavy (non-hydrogen) atoms. The maximum Gasteiger partial charge on any atom is 0.434 e. The quantitative estimate of drug-likeness (QED) is 0.373. The molecule has 0 saturated heterocycles. The summed E-state index contributed by atoms with van der Waals surface area (Å²) in [5.74, 6) is 0.689. The molecule has 9 heteroatoms. The number of alkyl halides is 3. The Morgan fingerprint density at radius 2 is 1.96 bits per heavy atom. The first-order valence-corrected chi connectivity index (χ1v) is 9.54. The Bertz CT molecular complexity index is 512. The van der Waals surface area contributed by atoms with Crippen LogP contribution >= 0.6 is 11.3 Å². The van der Waals surface area contributed by atoms with E-state index in [1.807, 2.05) is 6.92 Å². The van der Waals surface area contributed by atoms with Crippen LogP contribution in [0.5, 0.6) is 0 Å². The van der Waals surface area contributed by atoms with Crippen LogP contribution < -0.4 is 10.6 Å². The smallest absolute Gasteiger partial charge is 0.357 e. The van der Waals surface area contributed by atoms with Crippen LogP contribution in [0.3, 0.4) is 0 Å². The number of hydrogen-bond acceptors (Lipinski definition) is 4. The Hall–Kier alpha value is -1.35. The number of nitrogens with one attached hydrogen (secondary N) is 2. The van der Waals surface area contributed by atoms with Crippen LogP contribution in [0.15, 0.2) is 10.4 Å². The summed E-state index contributed by atoms with van der Waals surface area (Å²) in [4.78, 5) is 10.5. The van der Waals surface area contributed by atoms with Crippen LogP contribution in [0.4, 0.5) is 13.2 Å². The number of guanidine groups is 1. The van der Waals surface area contributed by atoms with Crippen molar-refractivity contribution in [2.24, 2.45) is 4.99 Å². The fourth-order valence-corrected chi connectivity index (χ4v) is 3.02. The van der Waals surface area contributed by atoms with E-state index in [1.165, 1.54) is 0 Å². The molecule has 1 aromatic heterocycles. The van der Waals surface area contributed by atoms with Gasteiger partial charge in [-0.3, -0.25) is 4.99 Å². The van der Waals surface area contributed by atoms with E-state index in [9.17, 15) is 13.2 Å². The third-order valence-electron chi connectivity index (χ3n) is 3.61. The first-order valence-electron chi connectivity index (χ1n) is 8.66. The Morgan fingerprint density at radius 3 is 2.52 bits per heavy atom. The molecular formula is C16H28F3N5S. The molecule has 0 radical (unpaired) electrons. The Kier molecular flexibility index (Phi) is 9.81. The van der Waals surface area contributed by atoms with E-state index >= 15 is 0 Å². The molecule has 0 saturated carbocycles. The first-order chi connectivity index (χ1) is 11.9. The first kappa shape index (κ1) is 21.7. The lowest BCUT2D eigenvalue weighted by molar-refractivity contribution is -0.140. The molecule has 5 nitrogen and oxygen atoms in total. The SMILES string of the molecule is CCNC(=NCCCN(CC)CC)NCCc1nc(C(F)(F)F)cs1. The van der Waals surface area contributed by atoms with Crippen molar-refractivity contribution >= 4 is 17.3 Å². The molecule has 144 valence electrons. The highest BCUT2D eigenvalue weighted by molar-refractivity contribution is 7.09. The Balaban J connectivity index is 2.39. The number of thiazole rings is 1. The number of rotatable bonds is 10. The summed E-state index contributed by atoms with van der Waals surface area (Å²) >= 11 is 1.03. The normalized spacial score (nSPS) is 12.7. The summed E-state index contributed by atoms with van der Waals surface area (Å²) in [6.45, 7) is 11.3. The average Bonchev–Trinajstić information content (AvgIpc) is 3.04. The van der Waals surface area contributed by atoms with Crippen molar-refractivity contribution in [2.75, 3.05) is 39.3 Å². The predicted molar refractivity (Wildman–Crippen MR) is 97.2 cm³/mol. The third-order valence-corrected chi connectivity index (χ3v) is 4.52. The highest BCUT2D eigenvalue weighted by Gasteiger charge is 2.33. The monoisotopic (exact) mass is 379 g/mol. The predicted octanol–water partition coefficient (Wildman–Crippen LogP) is 2.99. The van der Waals surface area contributed by atoms with Gasteiger partial charge in [0.25, 0.3) is 0 Å². The van der Waals surface area contributed by atoms with Crippen molar-refractivity contribution in [1.29, 1.82) is 0 Å². The molecule has 0 bridgehead atoms. The van der Waals surface area contributed by atoms with E-state index in [-0.39, 0.29) is 0 Å². The van der Waals surface area contributed by atoms with Crippen molar-refractivity contribution in [1.82, 2.24) is 20.5 Å². The van der Waals surface area contributed by atoms with Crippen LogP contribution in [-0.2, 0) is 12.6 Å². The maximum atomic E-state index is 12.5. The van der Waals surface area contributed by atoms with E-state index in [0.717, 1.165) is 49.3 Å². The van der Waals surface area contributed by atoms with Crippen molar-refractivity contribution < 1.29 is 13.2 Å². The largest absolute Gasteiger partial charge is 0.434 e. The number of aliphatic imine (C=N–C) groups is 1. The minimum Gasteiger partial charge on any atom is -0.357 e. The topological polar surface area (TPSA) is 52.6 Å². The summed E-state index contributed by atoms with van der Waals surface area (Å²) < 4.78 is 37.6. The molecular weight excluding hydrogens is 351 g/mol. The van der Waals surface area contributed by atoms with Crippen molar-refractivity contribution in [3.8, 4) is 0 Å². The van der Waals surface area contributed by atoms with E-state index in [2.05, 4.69) is 39.4 Å². The number of nitrogens with zero attached hydrogens (tertiary/aromatic N) is 3. The van der Waals surface area contributed by atoms with Crippen LogP contribution in [0.2, 0.25) is 0 Å². The van der Waals surface area contributed by atoms with E-state index in [1.54, 1.807) is 0 Å². The van der Waals surface area contributed by atoms with Crippen LogP contribution in [-0.4, -0.2) is 55.1 Å². The molecule has 0 aromatic carbocycles. The summed E-state index contributed by atoms with van der Waals surface area (Å²) in [6, 6.07) is 0. The average molecular weight is 379 g/mol. The van der Waals surface area contributed by atoms with E-state index in [4.69, 9.17) is 0 Å². The van der Waals surface area contributed by atoms with Gasteiger partial charge in [0.05, 0.1) is 5.01 Å². The molecule has 1 aromatic rings. The summed E-state index contributed by atoms with van der Waals surface area (Å²) in [5.41, 5.74) is -0.815. The van der Waals surface area contributed by atoms with Crippen LogP contribution in [0, 0.1) is 0 Å². The molecule has 0 unspecified atom stereocenters. The second-order valence-electron chi connectivity index (χ2n) is 5.44. The highest BCUT2D eigenvalue weighted by Crippen LogP contribution is 2.29. The lowest BCUT2D eigenvalue weighted by Gasteiger charge is -2.17. The van der Waals surface area contributed by atoms with Crippen LogP contribution in [0.1, 0.15) is 37.9 Å². The van der Waals surface area contributed by atoms with Gasteiger partial charge in [0, 0.05) is 31.4 Å². The van der Waals surface area contributed by atoms with Gasteiger partial charge in [-0.05, 0) is 33.0 Å². The molecule has 0 fully saturated rings. The fourth-order valence-electron chi connectivity index (χ4n) is 2.21. The molecule has 2 N–H and O–H groups in total. The molecule has 0 aliphatic carbocycles. The molecule has 0 aliphatic heterocycles. The molecule has 1 rings (SSSR count). The van der Waals surface area contributed by atoms with E-state index in [0.29, 0.717) is 30.5 Å². The lowest BCUT2D eigenvalue weighted by atomic mass is 10.3. The minimum absolute atomic E-state index is 0.435. The van der Waals surface area contributed by atoms with Gasteiger partial charge in [0.1, 0.15) is 0 Å². The summed E-state index contributed by atoms with van der Waals surface area (Å²) in [5, 5.41) is 7.81. The maximum absolute atomic E-state index is 12.5. The number of halogens is 3. The van der Waals surface area contributed by atoms with E-state index < -0.39 is 11.9 Å². The number of hydrogen-bond donors (Lipinski definition) is 2. The van der Waals surface area contributed by atoms with Gasteiger partial charge in [-0.25, -0.2) is 4.98 Å². The van der Waals surface area contributed by atoms with Gasteiger partial charge in [-0.15, -0.1) is 11.3 Å². The van der Waals surface area contributed by atoms with Crippen molar-refractivity contribution in [2.45, 2.75) is 39.8 Å². The van der Waals surface area contributed by atoms with Gasteiger partial charge < -0.3 is 15.5 Å². The standard InChI is InChI=1S/C16H28F3N5S/c1-4-20-15(21-9-7-11-24(5-2)6-3)22-10-8-14-23-13(12-25-14)16(17,18)19/h12H,4-11H2,1-3H3,(H2,20,21,22). The molecule has 0 amide bonds. The zero-order chi connectivity index (χ0) is 18.7. The number of aromatic nitrogens is 1. The second-order valence-corrected chi connectivity index (χ2v) is 6.38. The fraction of sp³-hybridized carbons (Fsp3) is 0.750. The molecule has 1 heterocycles. The third kappa shape index (κ3) is 8.53. The molecule has 0 aliphatic rings. The second kappa shape index (κ2) is 11.3. The zero-order valence-corrected chi connectivity index (χ0v) is 15.9. The molecule has 0 spiro atoms. The van der Waals surface area contributed by atoms with Gasteiger partial charge in [-0.1, -0.05) is 13.8 Å². The lowest BCUT2D eigenvalue weighted by Crippen LogP contribution is -2.38. The van der Waals surface area contributed by atoms with Crippen molar-refractivity contribution in [3.05, 3.63) is 16.1 Å². The van der Waals surface area contributed by atoms with Gasteiger partial charge in [0.2, 0.25) is 0 Å². The zero-order valence-electron chi connectivity index (χ0n) is 15.1. The summed E-state index contributed by atoms with van der Waals surface area (Å²) in [6.07, 6.45) is -2.96. The van der Waals surface area contributed by atoms with Gasteiger partial charge in [-0.2, -0.15) is 13.2 Å².